The summed E-state index contributed by atoms with van der Waals surface area (Å²) in [6.07, 6.45) is 1.43. The topological polar surface area (TPSA) is 63.2 Å². The molecule has 0 bridgehead atoms. The molecular formula is C17H29N3O2. The van der Waals surface area contributed by atoms with Crippen LogP contribution in [0.4, 0.5) is 4.79 Å². The first kappa shape index (κ1) is 18.4. The molecule has 0 saturated carbocycles. The van der Waals surface area contributed by atoms with Crippen LogP contribution in [0.3, 0.4) is 0 Å². The van der Waals surface area contributed by atoms with Crippen molar-refractivity contribution in [3.05, 3.63) is 30.1 Å². The number of carbonyl (C=O) groups excluding carboxylic acids is 1. The van der Waals surface area contributed by atoms with E-state index in [0.717, 1.165) is 18.8 Å². The van der Waals surface area contributed by atoms with Crippen LogP contribution < -0.4 is 10.6 Å². The van der Waals surface area contributed by atoms with E-state index in [2.05, 4.69) is 29.5 Å². The molecule has 2 N–H and O–H groups in total. The second-order valence-electron chi connectivity index (χ2n) is 6.84. The predicted octanol–water partition coefficient (Wildman–Crippen LogP) is 2.97. The SMILES string of the molecule is CC(C)C(CNCc1ccccn1)CNC(=O)OC(C)(C)C. The lowest BCUT2D eigenvalue weighted by molar-refractivity contribution is 0.0515. The summed E-state index contributed by atoms with van der Waals surface area (Å²) in [6.45, 7) is 12.1. The van der Waals surface area contributed by atoms with Gasteiger partial charge in [0, 0.05) is 25.8 Å². The van der Waals surface area contributed by atoms with E-state index in [9.17, 15) is 4.79 Å². The summed E-state index contributed by atoms with van der Waals surface area (Å²) in [6, 6.07) is 5.88. The van der Waals surface area contributed by atoms with Crippen molar-refractivity contribution < 1.29 is 9.53 Å². The summed E-state index contributed by atoms with van der Waals surface area (Å²) in [4.78, 5) is 16.0. The van der Waals surface area contributed by atoms with Gasteiger partial charge in [-0.3, -0.25) is 4.98 Å². The summed E-state index contributed by atoms with van der Waals surface area (Å²) in [5, 5.41) is 6.25. The number of nitrogens with zero attached hydrogens (tertiary/aromatic N) is 1. The average Bonchev–Trinajstić information content (AvgIpc) is 2.41. The van der Waals surface area contributed by atoms with Crippen molar-refractivity contribution in [2.45, 2.75) is 46.8 Å². The predicted molar refractivity (Wildman–Crippen MR) is 88.5 cm³/mol. The number of ether oxygens (including phenoxy) is 1. The van der Waals surface area contributed by atoms with E-state index in [0.29, 0.717) is 18.4 Å². The van der Waals surface area contributed by atoms with E-state index in [1.807, 2.05) is 39.0 Å². The Morgan fingerprint density at radius 2 is 2.00 bits per heavy atom. The smallest absolute Gasteiger partial charge is 0.407 e. The monoisotopic (exact) mass is 307 g/mol. The number of nitrogens with one attached hydrogen (secondary N) is 2. The number of amides is 1. The first-order valence-electron chi connectivity index (χ1n) is 7.85. The van der Waals surface area contributed by atoms with Crippen molar-refractivity contribution in [3.63, 3.8) is 0 Å². The third-order valence-corrected chi connectivity index (χ3v) is 3.29. The Bertz CT molecular complexity index is 441. The normalized spacial score (nSPS) is 13.0. The third-order valence-electron chi connectivity index (χ3n) is 3.29. The number of rotatable bonds is 7. The minimum Gasteiger partial charge on any atom is -0.444 e. The fraction of sp³-hybridized carbons (Fsp3) is 0.647. The van der Waals surface area contributed by atoms with Gasteiger partial charge in [0.15, 0.2) is 0 Å². The van der Waals surface area contributed by atoms with Crippen LogP contribution >= 0.6 is 0 Å². The first-order chi connectivity index (χ1) is 10.3. The van der Waals surface area contributed by atoms with Gasteiger partial charge >= 0.3 is 6.09 Å². The van der Waals surface area contributed by atoms with E-state index >= 15 is 0 Å². The molecule has 0 spiro atoms. The van der Waals surface area contributed by atoms with Gasteiger partial charge in [0.1, 0.15) is 5.60 Å². The minimum absolute atomic E-state index is 0.344. The fourth-order valence-corrected chi connectivity index (χ4v) is 1.96. The average molecular weight is 307 g/mol. The summed E-state index contributed by atoms with van der Waals surface area (Å²) < 4.78 is 5.26. The van der Waals surface area contributed by atoms with Crippen LogP contribution in [0.5, 0.6) is 0 Å². The third kappa shape index (κ3) is 7.98. The maximum Gasteiger partial charge on any atom is 0.407 e. The standard InChI is InChI=1S/C17H29N3O2/c1-13(2)14(11-20-16(21)22-17(3,4)5)10-18-12-15-8-6-7-9-19-15/h6-9,13-14,18H,10-12H2,1-5H3,(H,20,21). The minimum atomic E-state index is -0.464. The molecule has 0 radical (unpaired) electrons. The quantitative estimate of drug-likeness (QED) is 0.813. The van der Waals surface area contributed by atoms with Gasteiger partial charge in [-0.2, -0.15) is 0 Å². The molecule has 1 atom stereocenters. The molecule has 0 aliphatic carbocycles. The van der Waals surface area contributed by atoms with Gasteiger partial charge in [0.25, 0.3) is 0 Å². The lowest BCUT2D eigenvalue weighted by atomic mass is 9.96. The summed E-state index contributed by atoms with van der Waals surface area (Å²) in [5.74, 6) is 0.808. The van der Waals surface area contributed by atoms with E-state index < -0.39 is 5.60 Å². The van der Waals surface area contributed by atoms with E-state index in [1.165, 1.54) is 0 Å². The van der Waals surface area contributed by atoms with Crippen LogP contribution in [-0.4, -0.2) is 29.8 Å². The second-order valence-corrected chi connectivity index (χ2v) is 6.84. The molecule has 0 aliphatic heterocycles. The number of carbonyl (C=O) groups is 1. The number of pyridine rings is 1. The molecule has 0 aliphatic rings. The highest BCUT2D eigenvalue weighted by Crippen LogP contribution is 2.10. The molecular weight excluding hydrogens is 278 g/mol. The number of aromatic nitrogens is 1. The highest BCUT2D eigenvalue weighted by Gasteiger charge is 2.18. The lowest BCUT2D eigenvalue weighted by Gasteiger charge is -2.24. The van der Waals surface area contributed by atoms with Crippen LogP contribution in [0.2, 0.25) is 0 Å². The number of alkyl carbamates (subject to hydrolysis) is 1. The van der Waals surface area contributed by atoms with E-state index in [-0.39, 0.29) is 6.09 Å². The van der Waals surface area contributed by atoms with Crippen LogP contribution in [0, 0.1) is 11.8 Å². The molecule has 0 aromatic carbocycles. The molecule has 5 nitrogen and oxygen atoms in total. The number of hydrogen-bond acceptors (Lipinski definition) is 4. The van der Waals surface area contributed by atoms with Gasteiger partial charge in [0.2, 0.25) is 0 Å². The van der Waals surface area contributed by atoms with Gasteiger partial charge in [0.05, 0.1) is 5.69 Å². The molecule has 124 valence electrons. The van der Waals surface area contributed by atoms with Crippen molar-refractivity contribution in [2.24, 2.45) is 11.8 Å². The van der Waals surface area contributed by atoms with Gasteiger partial charge < -0.3 is 15.4 Å². The Morgan fingerprint density at radius 3 is 2.55 bits per heavy atom. The van der Waals surface area contributed by atoms with Crippen LogP contribution in [0.15, 0.2) is 24.4 Å². The van der Waals surface area contributed by atoms with Gasteiger partial charge in [-0.05, 0) is 44.7 Å². The maximum absolute atomic E-state index is 11.7. The summed E-state index contributed by atoms with van der Waals surface area (Å²) in [5.41, 5.74) is 0.555. The summed E-state index contributed by atoms with van der Waals surface area (Å²) >= 11 is 0. The second kappa shape index (κ2) is 8.73. The first-order valence-corrected chi connectivity index (χ1v) is 7.85. The molecule has 1 unspecified atom stereocenters. The van der Waals surface area contributed by atoms with Crippen LogP contribution in [-0.2, 0) is 11.3 Å². The molecule has 0 fully saturated rings. The molecule has 1 aromatic rings. The van der Waals surface area contributed by atoms with E-state index in [4.69, 9.17) is 4.74 Å². The molecule has 1 amide bonds. The van der Waals surface area contributed by atoms with Crippen molar-refractivity contribution in [2.75, 3.05) is 13.1 Å². The Morgan fingerprint density at radius 1 is 1.27 bits per heavy atom. The molecule has 0 saturated heterocycles. The Balaban J connectivity index is 2.34. The Labute approximate surface area is 133 Å². The zero-order valence-corrected chi connectivity index (χ0v) is 14.3. The highest BCUT2D eigenvalue weighted by molar-refractivity contribution is 5.67. The number of hydrogen-bond donors (Lipinski definition) is 2. The lowest BCUT2D eigenvalue weighted by Crippen LogP contribution is -2.39. The Hall–Kier alpha value is -1.62. The van der Waals surface area contributed by atoms with Gasteiger partial charge in [-0.1, -0.05) is 19.9 Å². The fourth-order valence-electron chi connectivity index (χ4n) is 1.96. The Kier molecular flexibility index (Phi) is 7.32. The molecule has 1 rings (SSSR count). The zero-order chi connectivity index (χ0) is 16.6. The van der Waals surface area contributed by atoms with Crippen LogP contribution in [0.1, 0.15) is 40.3 Å². The van der Waals surface area contributed by atoms with Gasteiger partial charge in [-0.15, -0.1) is 0 Å². The molecule has 5 heteroatoms. The van der Waals surface area contributed by atoms with Crippen LogP contribution in [0.25, 0.3) is 0 Å². The van der Waals surface area contributed by atoms with E-state index in [1.54, 1.807) is 6.20 Å². The zero-order valence-electron chi connectivity index (χ0n) is 14.3. The highest BCUT2D eigenvalue weighted by atomic mass is 16.6. The summed E-state index contributed by atoms with van der Waals surface area (Å²) in [7, 11) is 0. The van der Waals surface area contributed by atoms with Crippen molar-refractivity contribution in [1.82, 2.24) is 15.6 Å². The maximum atomic E-state index is 11.7. The molecule has 22 heavy (non-hydrogen) atoms. The molecule has 1 aromatic heterocycles. The van der Waals surface area contributed by atoms with Crippen molar-refractivity contribution in [1.29, 1.82) is 0 Å². The van der Waals surface area contributed by atoms with Gasteiger partial charge in [-0.25, -0.2) is 4.79 Å². The van der Waals surface area contributed by atoms with Crippen molar-refractivity contribution >= 4 is 6.09 Å². The largest absolute Gasteiger partial charge is 0.444 e. The van der Waals surface area contributed by atoms with Crippen molar-refractivity contribution in [3.8, 4) is 0 Å². The molecule has 1 heterocycles.